The number of hydrogen-bond acceptors (Lipinski definition) is 3. The van der Waals surface area contributed by atoms with Crippen LogP contribution in [-0.4, -0.2) is 0 Å². The van der Waals surface area contributed by atoms with Gasteiger partial charge in [0.1, 0.15) is 11.2 Å². The number of fused-ring (bicyclic) bond motifs is 7. The quantitative estimate of drug-likeness (QED) is 0.170. The third kappa shape index (κ3) is 5.40. The first kappa shape index (κ1) is 31.6. The molecule has 2 aromatic heterocycles. The van der Waals surface area contributed by atoms with Crippen LogP contribution < -0.4 is 4.90 Å². The Balaban J connectivity index is 1.12. The standard InChI is InChI=1S/C52H33NOS/c1-2-11-36(12-3-1)43-28-24-38(42-18-10-14-35-13-4-5-15-41(35)42)31-48(43)53(40-27-30-52-47(33-40)46-17-7-9-20-51(46)55-52)39-25-21-34(22-26-39)37-23-29-45-44-16-6-8-19-49(44)54-50(45)32-37/h1-33H. The number of rotatable bonds is 6. The first-order valence-electron chi connectivity index (χ1n) is 18.7. The van der Waals surface area contributed by atoms with Crippen molar-refractivity contribution < 1.29 is 4.42 Å². The van der Waals surface area contributed by atoms with E-state index < -0.39 is 0 Å². The number of thiophene rings is 1. The van der Waals surface area contributed by atoms with Gasteiger partial charge in [-0.2, -0.15) is 0 Å². The Hall–Kier alpha value is -6.94. The number of nitrogens with zero attached hydrogens (tertiary/aromatic N) is 1. The minimum absolute atomic E-state index is 0.901. The molecule has 0 aliphatic carbocycles. The zero-order valence-electron chi connectivity index (χ0n) is 29.8. The molecule has 0 unspecified atom stereocenters. The lowest BCUT2D eigenvalue weighted by Crippen LogP contribution is -2.11. The molecule has 9 aromatic carbocycles. The minimum atomic E-state index is 0.901. The highest BCUT2D eigenvalue weighted by Gasteiger charge is 2.21. The summed E-state index contributed by atoms with van der Waals surface area (Å²) in [5.41, 5.74) is 12.1. The molecule has 2 nitrogen and oxygen atoms in total. The maximum Gasteiger partial charge on any atom is 0.136 e. The van der Waals surface area contributed by atoms with Crippen molar-refractivity contribution in [2.75, 3.05) is 4.90 Å². The molecule has 0 spiro atoms. The topological polar surface area (TPSA) is 16.4 Å². The summed E-state index contributed by atoms with van der Waals surface area (Å²) < 4.78 is 8.86. The van der Waals surface area contributed by atoms with E-state index in [4.69, 9.17) is 4.42 Å². The number of anilines is 3. The molecule has 0 saturated carbocycles. The molecular weight excluding hydrogens is 687 g/mol. The van der Waals surface area contributed by atoms with Crippen molar-refractivity contribution in [2.45, 2.75) is 0 Å². The molecule has 2 heterocycles. The van der Waals surface area contributed by atoms with Gasteiger partial charge in [-0.15, -0.1) is 11.3 Å². The summed E-state index contributed by atoms with van der Waals surface area (Å²) in [4.78, 5) is 2.44. The van der Waals surface area contributed by atoms with E-state index in [0.717, 1.165) is 50.1 Å². The van der Waals surface area contributed by atoms with Crippen molar-refractivity contribution in [1.29, 1.82) is 0 Å². The average molecular weight is 720 g/mol. The van der Waals surface area contributed by atoms with Crippen molar-refractivity contribution >= 4 is 81.3 Å². The minimum Gasteiger partial charge on any atom is -0.456 e. The molecule has 55 heavy (non-hydrogen) atoms. The predicted molar refractivity (Wildman–Crippen MR) is 235 cm³/mol. The fourth-order valence-corrected chi connectivity index (χ4v) is 9.30. The molecule has 0 saturated heterocycles. The van der Waals surface area contributed by atoms with Gasteiger partial charge in [0.05, 0.1) is 5.69 Å². The number of hydrogen-bond donors (Lipinski definition) is 0. The molecule has 0 aliphatic heterocycles. The third-order valence-corrected chi connectivity index (χ3v) is 12.0. The Bertz CT molecular complexity index is 3200. The summed E-state index contributed by atoms with van der Waals surface area (Å²) in [5, 5.41) is 7.31. The number of benzene rings is 9. The van der Waals surface area contributed by atoms with Crippen molar-refractivity contribution in [3.05, 3.63) is 200 Å². The second kappa shape index (κ2) is 12.9. The van der Waals surface area contributed by atoms with Crippen LogP contribution in [0.5, 0.6) is 0 Å². The smallest absolute Gasteiger partial charge is 0.136 e. The van der Waals surface area contributed by atoms with Crippen LogP contribution in [0.15, 0.2) is 205 Å². The predicted octanol–water partition coefficient (Wildman–Crippen LogP) is 15.6. The molecule has 11 aromatic rings. The Morgan fingerprint density at radius 3 is 1.91 bits per heavy atom. The number of para-hydroxylation sites is 1. The van der Waals surface area contributed by atoms with E-state index in [-0.39, 0.29) is 0 Å². The van der Waals surface area contributed by atoms with Gasteiger partial charge in [-0.3, -0.25) is 0 Å². The van der Waals surface area contributed by atoms with Gasteiger partial charge in [0.15, 0.2) is 0 Å². The molecule has 0 amide bonds. The second-order valence-corrected chi connectivity index (χ2v) is 15.2. The third-order valence-electron chi connectivity index (χ3n) is 10.9. The van der Waals surface area contributed by atoms with E-state index in [1.165, 1.54) is 53.2 Å². The molecule has 3 heteroatoms. The summed E-state index contributed by atoms with van der Waals surface area (Å²) in [6.45, 7) is 0. The van der Waals surface area contributed by atoms with E-state index in [9.17, 15) is 0 Å². The van der Waals surface area contributed by atoms with E-state index in [1.807, 2.05) is 23.5 Å². The summed E-state index contributed by atoms with van der Waals surface area (Å²) in [6.07, 6.45) is 0. The monoisotopic (exact) mass is 719 g/mol. The van der Waals surface area contributed by atoms with Crippen molar-refractivity contribution in [1.82, 2.24) is 0 Å². The SMILES string of the molecule is c1ccc(-c2ccc(-c3cccc4ccccc34)cc2N(c2ccc(-c3ccc4c(c3)oc3ccccc34)cc2)c2ccc3sc4ccccc4c3c2)cc1. The highest BCUT2D eigenvalue weighted by Crippen LogP contribution is 2.46. The summed E-state index contributed by atoms with van der Waals surface area (Å²) >= 11 is 1.85. The summed E-state index contributed by atoms with van der Waals surface area (Å²) in [5.74, 6) is 0. The Morgan fingerprint density at radius 1 is 0.345 bits per heavy atom. The van der Waals surface area contributed by atoms with Crippen LogP contribution in [0.1, 0.15) is 0 Å². The molecule has 0 N–H and O–H groups in total. The van der Waals surface area contributed by atoms with Crippen LogP contribution in [0.25, 0.3) is 86.3 Å². The average Bonchev–Trinajstić information content (AvgIpc) is 3.82. The van der Waals surface area contributed by atoms with Gasteiger partial charge in [-0.05, 0) is 99.3 Å². The van der Waals surface area contributed by atoms with Gasteiger partial charge in [-0.25, -0.2) is 0 Å². The maximum atomic E-state index is 6.27. The van der Waals surface area contributed by atoms with E-state index >= 15 is 0 Å². The van der Waals surface area contributed by atoms with Crippen LogP contribution in [-0.2, 0) is 0 Å². The van der Waals surface area contributed by atoms with Gasteiger partial charge in [-0.1, -0.05) is 140 Å². The summed E-state index contributed by atoms with van der Waals surface area (Å²) in [7, 11) is 0. The Kier molecular flexibility index (Phi) is 7.39. The fourth-order valence-electron chi connectivity index (χ4n) is 8.21. The van der Waals surface area contributed by atoms with E-state index in [2.05, 4.69) is 193 Å². The van der Waals surface area contributed by atoms with Crippen molar-refractivity contribution in [2.24, 2.45) is 0 Å². The molecule has 0 bridgehead atoms. The summed E-state index contributed by atoms with van der Waals surface area (Å²) in [6, 6.07) is 72.4. The fraction of sp³-hybridized carbons (Fsp3) is 0. The Labute approximate surface area is 322 Å². The lowest BCUT2D eigenvalue weighted by Gasteiger charge is -2.29. The molecule has 258 valence electrons. The van der Waals surface area contributed by atoms with Crippen LogP contribution >= 0.6 is 11.3 Å². The molecular formula is C52H33NOS. The lowest BCUT2D eigenvalue weighted by molar-refractivity contribution is 0.669. The molecule has 0 aliphatic rings. The van der Waals surface area contributed by atoms with Gasteiger partial charge in [0.25, 0.3) is 0 Å². The van der Waals surface area contributed by atoms with Crippen molar-refractivity contribution in [3.63, 3.8) is 0 Å². The highest BCUT2D eigenvalue weighted by molar-refractivity contribution is 7.25. The zero-order chi connectivity index (χ0) is 36.3. The highest BCUT2D eigenvalue weighted by atomic mass is 32.1. The first-order valence-corrected chi connectivity index (χ1v) is 19.5. The molecule has 0 fully saturated rings. The van der Waals surface area contributed by atoms with Gasteiger partial charge < -0.3 is 9.32 Å². The second-order valence-electron chi connectivity index (χ2n) is 14.1. The van der Waals surface area contributed by atoms with E-state index in [0.29, 0.717) is 0 Å². The van der Waals surface area contributed by atoms with Crippen LogP contribution in [0.3, 0.4) is 0 Å². The Morgan fingerprint density at radius 2 is 1.02 bits per heavy atom. The molecule has 0 atom stereocenters. The van der Waals surface area contributed by atoms with Crippen LogP contribution in [0.4, 0.5) is 17.1 Å². The van der Waals surface area contributed by atoms with Crippen LogP contribution in [0.2, 0.25) is 0 Å². The normalized spacial score (nSPS) is 11.6. The van der Waals surface area contributed by atoms with E-state index in [1.54, 1.807) is 0 Å². The van der Waals surface area contributed by atoms with Gasteiger partial charge in [0, 0.05) is 47.9 Å². The largest absolute Gasteiger partial charge is 0.456 e. The van der Waals surface area contributed by atoms with Gasteiger partial charge >= 0.3 is 0 Å². The first-order chi connectivity index (χ1) is 27.2. The number of furan rings is 1. The van der Waals surface area contributed by atoms with Crippen molar-refractivity contribution in [3.8, 4) is 33.4 Å². The molecule has 11 rings (SSSR count). The van der Waals surface area contributed by atoms with Crippen LogP contribution in [0, 0.1) is 0 Å². The maximum absolute atomic E-state index is 6.27. The zero-order valence-corrected chi connectivity index (χ0v) is 30.6. The lowest BCUT2D eigenvalue weighted by atomic mass is 9.94. The molecule has 0 radical (unpaired) electrons. The van der Waals surface area contributed by atoms with Gasteiger partial charge in [0.2, 0.25) is 0 Å².